The lowest BCUT2D eigenvalue weighted by atomic mass is 9.88. The van der Waals surface area contributed by atoms with Crippen LogP contribution >= 0.6 is 12.4 Å². The fourth-order valence-electron chi connectivity index (χ4n) is 2.71. The van der Waals surface area contributed by atoms with E-state index < -0.39 is 0 Å². The molecule has 1 unspecified atom stereocenters. The third kappa shape index (κ3) is 3.99. The lowest BCUT2D eigenvalue weighted by Gasteiger charge is -2.28. The van der Waals surface area contributed by atoms with Gasteiger partial charge in [-0.2, -0.15) is 0 Å². The van der Waals surface area contributed by atoms with Crippen molar-refractivity contribution in [2.75, 3.05) is 27.2 Å². The summed E-state index contributed by atoms with van der Waals surface area (Å²) in [6.45, 7) is 4.21. The summed E-state index contributed by atoms with van der Waals surface area (Å²) in [5.74, 6) is 0.0680. The molecule has 0 bridgehead atoms. The Morgan fingerprint density at radius 3 is 2.45 bits per heavy atom. The molecular weight excluding hydrogens is 302 g/mol. The van der Waals surface area contributed by atoms with Crippen molar-refractivity contribution in [1.82, 2.24) is 15.5 Å². The van der Waals surface area contributed by atoms with Crippen LogP contribution in [0.3, 0.4) is 0 Å². The summed E-state index contributed by atoms with van der Waals surface area (Å²) in [4.78, 5) is 25.8. The molecule has 0 radical (unpaired) electrons. The van der Waals surface area contributed by atoms with E-state index in [2.05, 4.69) is 10.6 Å². The van der Waals surface area contributed by atoms with E-state index in [-0.39, 0.29) is 29.6 Å². The number of amides is 2. The number of benzene rings is 1. The standard InChI is InChI=1S/C16H23N3O2.ClH/c1-16(8-9-18-11-16)15(21)19(3)10-12-4-6-13(7-5-12)14(20)17-2;/h4-7,18H,8-11H2,1-3H3,(H,17,20);1H. The Bertz CT molecular complexity index is 525. The van der Waals surface area contributed by atoms with Crippen LogP contribution in [0.2, 0.25) is 0 Å². The molecule has 0 saturated carbocycles. The van der Waals surface area contributed by atoms with E-state index in [0.29, 0.717) is 12.1 Å². The summed E-state index contributed by atoms with van der Waals surface area (Å²) in [5.41, 5.74) is 1.35. The van der Waals surface area contributed by atoms with Crippen molar-refractivity contribution in [3.63, 3.8) is 0 Å². The highest BCUT2D eigenvalue weighted by molar-refractivity contribution is 5.94. The average molecular weight is 326 g/mol. The largest absolute Gasteiger partial charge is 0.355 e. The number of nitrogens with zero attached hydrogens (tertiary/aromatic N) is 1. The van der Waals surface area contributed by atoms with Crippen LogP contribution in [0.15, 0.2) is 24.3 Å². The minimum atomic E-state index is -0.295. The second-order valence-corrected chi connectivity index (χ2v) is 5.92. The second kappa shape index (κ2) is 7.61. The Morgan fingerprint density at radius 2 is 1.95 bits per heavy atom. The summed E-state index contributed by atoms with van der Waals surface area (Å²) in [5, 5.41) is 5.84. The molecule has 1 fully saturated rings. The highest BCUT2D eigenvalue weighted by Gasteiger charge is 2.38. The van der Waals surface area contributed by atoms with Crippen LogP contribution < -0.4 is 10.6 Å². The molecule has 1 saturated heterocycles. The zero-order valence-electron chi connectivity index (χ0n) is 13.3. The molecule has 1 aliphatic rings. The van der Waals surface area contributed by atoms with Gasteiger partial charge in [0.25, 0.3) is 5.91 Å². The molecule has 22 heavy (non-hydrogen) atoms. The summed E-state index contributed by atoms with van der Waals surface area (Å²) in [7, 11) is 3.44. The molecule has 122 valence electrons. The Morgan fingerprint density at radius 1 is 1.32 bits per heavy atom. The van der Waals surface area contributed by atoms with Crippen molar-refractivity contribution >= 4 is 24.2 Å². The monoisotopic (exact) mass is 325 g/mol. The minimum Gasteiger partial charge on any atom is -0.355 e. The number of nitrogens with one attached hydrogen (secondary N) is 2. The lowest BCUT2D eigenvalue weighted by molar-refractivity contribution is -0.139. The Labute approximate surface area is 137 Å². The fourth-order valence-corrected chi connectivity index (χ4v) is 2.71. The van der Waals surface area contributed by atoms with Crippen LogP contribution in [-0.4, -0.2) is 43.9 Å². The van der Waals surface area contributed by atoms with E-state index in [0.717, 1.165) is 25.1 Å². The molecular formula is C16H24ClN3O2. The number of halogens is 1. The van der Waals surface area contributed by atoms with Crippen LogP contribution in [0.1, 0.15) is 29.3 Å². The number of carbonyl (C=O) groups excluding carboxylic acids is 2. The van der Waals surface area contributed by atoms with Crippen LogP contribution in [0.5, 0.6) is 0 Å². The predicted molar refractivity (Wildman–Crippen MR) is 89.1 cm³/mol. The van der Waals surface area contributed by atoms with E-state index in [1.807, 2.05) is 26.1 Å². The number of rotatable bonds is 4. The summed E-state index contributed by atoms with van der Waals surface area (Å²) < 4.78 is 0. The molecule has 0 aliphatic carbocycles. The van der Waals surface area contributed by atoms with Crippen LogP contribution in [0.4, 0.5) is 0 Å². The highest BCUT2D eigenvalue weighted by Crippen LogP contribution is 2.27. The van der Waals surface area contributed by atoms with Gasteiger partial charge >= 0.3 is 0 Å². The Kier molecular flexibility index (Phi) is 6.38. The minimum absolute atomic E-state index is 0. The van der Waals surface area contributed by atoms with Gasteiger partial charge in [0, 0.05) is 32.7 Å². The summed E-state index contributed by atoms with van der Waals surface area (Å²) >= 11 is 0. The lowest BCUT2D eigenvalue weighted by Crippen LogP contribution is -2.41. The van der Waals surface area contributed by atoms with Gasteiger partial charge in [-0.05, 0) is 37.6 Å². The van der Waals surface area contributed by atoms with Gasteiger partial charge in [-0.1, -0.05) is 12.1 Å². The maximum Gasteiger partial charge on any atom is 0.251 e. The van der Waals surface area contributed by atoms with E-state index in [4.69, 9.17) is 0 Å². The molecule has 2 rings (SSSR count). The third-order valence-electron chi connectivity index (χ3n) is 4.09. The first-order valence-corrected chi connectivity index (χ1v) is 7.23. The maximum atomic E-state index is 12.5. The van der Waals surface area contributed by atoms with E-state index in [9.17, 15) is 9.59 Å². The van der Waals surface area contributed by atoms with Gasteiger partial charge in [0.05, 0.1) is 5.41 Å². The van der Waals surface area contributed by atoms with Crippen molar-refractivity contribution in [2.45, 2.75) is 19.9 Å². The number of hydrogen-bond donors (Lipinski definition) is 2. The quantitative estimate of drug-likeness (QED) is 0.880. The predicted octanol–water partition coefficient (Wildman–Crippen LogP) is 1.43. The molecule has 1 heterocycles. The van der Waals surface area contributed by atoms with E-state index in [1.54, 1.807) is 24.1 Å². The zero-order chi connectivity index (χ0) is 15.5. The van der Waals surface area contributed by atoms with Crippen molar-refractivity contribution in [3.8, 4) is 0 Å². The summed E-state index contributed by atoms with van der Waals surface area (Å²) in [6.07, 6.45) is 0.881. The average Bonchev–Trinajstić information content (AvgIpc) is 2.94. The second-order valence-electron chi connectivity index (χ2n) is 5.92. The molecule has 1 aliphatic heterocycles. The molecule has 1 aromatic carbocycles. The van der Waals surface area contributed by atoms with Crippen molar-refractivity contribution in [3.05, 3.63) is 35.4 Å². The fraction of sp³-hybridized carbons (Fsp3) is 0.500. The Hall–Kier alpha value is -1.59. The van der Waals surface area contributed by atoms with Crippen molar-refractivity contribution in [2.24, 2.45) is 5.41 Å². The van der Waals surface area contributed by atoms with Gasteiger partial charge in [-0.3, -0.25) is 9.59 Å². The smallest absolute Gasteiger partial charge is 0.251 e. The van der Waals surface area contributed by atoms with Gasteiger partial charge in [-0.15, -0.1) is 12.4 Å². The Balaban J connectivity index is 0.00000242. The molecule has 2 amide bonds. The van der Waals surface area contributed by atoms with Crippen molar-refractivity contribution < 1.29 is 9.59 Å². The van der Waals surface area contributed by atoms with Crippen LogP contribution in [-0.2, 0) is 11.3 Å². The summed E-state index contributed by atoms with van der Waals surface area (Å²) in [6, 6.07) is 7.35. The van der Waals surface area contributed by atoms with E-state index >= 15 is 0 Å². The van der Waals surface area contributed by atoms with Gasteiger partial charge in [0.15, 0.2) is 0 Å². The van der Waals surface area contributed by atoms with Gasteiger partial charge < -0.3 is 15.5 Å². The van der Waals surface area contributed by atoms with Gasteiger partial charge in [-0.25, -0.2) is 0 Å². The third-order valence-corrected chi connectivity index (χ3v) is 4.09. The molecule has 1 atom stereocenters. The molecule has 0 spiro atoms. The molecule has 6 heteroatoms. The first-order valence-electron chi connectivity index (χ1n) is 7.23. The van der Waals surface area contributed by atoms with Crippen LogP contribution in [0.25, 0.3) is 0 Å². The topological polar surface area (TPSA) is 61.4 Å². The highest BCUT2D eigenvalue weighted by atomic mass is 35.5. The molecule has 5 nitrogen and oxygen atoms in total. The molecule has 0 aromatic heterocycles. The van der Waals surface area contributed by atoms with Crippen molar-refractivity contribution in [1.29, 1.82) is 0 Å². The first-order chi connectivity index (χ1) is 9.96. The number of carbonyl (C=O) groups is 2. The zero-order valence-corrected chi connectivity index (χ0v) is 14.1. The number of hydrogen-bond acceptors (Lipinski definition) is 3. The van der Waals surface area contributed by atoms with Crippen LogP contribution in [0, 0.1) is 5.41 Å². The van der Waals surface area contributed by atoms with Gasteiger partial charge in [0.1, 0.15) is 0 Å². The first kappa shape index (κ1) is 18.5. The maximum absolute atomic E-state index is 12.5. The SMILES string of the molecule is CNC(=O)c1ccc(CN(C)C(=O)C2(C)CCNC2)cc1.Cl. The molecule has 2 N–H and O–H groups in total. The van der Waals surface area contributed by atoms with Gasteiger partial charge in [0.2, 0.25) is 5.91 Å². The molecule has 1 aromatic rings. The normalized spacial score (nSPS) is 20.1. The van der Waals surface area contributed by atoms with E-state index in [1.165, 1.54) is 0 Å².